The van der Waals surface area contributed by atoms with Crippen molar-refractivity contribution in [1.82, 2.24) is 10.2 Å². The highest BCUT2D eigenvalue weighted by Crippen LogP contribution is 2.37. The molecule has 0 aromatic heterocycles. The fraction of sp³-hybridized carbons (Fsp3) is 0.938. The fourth-order valence-electron chi connectivity index (χ4n) is 3.79. The highest BCUT2D eigenvalue weighted by Gasteiger charge is 2.36. The predicted octanol–water partition coefficient (Wildman–Crippen LogP) is 2.04. The minimum atomic E-state index is -0.536. The summed E-state index contributed by atoms with van der Waals surface area (Å²) in [6, 6.07) is 0. The third kappa shape index (κ3) is 3.53. The topological polar surface area (TPSA) is 41.6 Å². The van der Waals surface area contributed by atoms with Crippen LogP contribution in [0.3, 0.4) is 0 Å². The molecular weight excluding hydrogens is 252 g/mol. The number of hydrogen-bond acceptors (Lipinski definition) is 4. The van der Waals surface area contributed by atoms with Crippen LogP contribution in [0.5, 0.6) is 0 Å². The molecule has 20 heavy (non-hydrogen) atoms. The number of rotatable bonds is 7. The molecule has 4 nitrogen and oxygen atoms in total. The number of hydrogen-bond donors (Lipinski definition) is 1. The van der Waals surface area contributed by atoms with E-state index in [1.165, 1.54) is 32.4 Å². The van der Waals surface area contributed by atoms with Crippen molar-refractivity contribution >= 4 is 5.97 Å². The molecular formula is C16H30N2O2. The van der Waals surface area contributed by atoms with Crippen molar-refractivity contribution in [2.45, 2.75) is 51.5 Å². The smallest absolute Gasteiger partial charge is 0.326 e. The zero-order chi connectivity index (χ0) is 14.6. The van der Waals surface area contributed by atoms with Gasteiger partial charge < -0.3 is 15.0 Å². The summed E-state index contributed by atoms with van der Waals surface area (Å²) in [6.45, 7) is 7.93. The average Bonchev–Trinajstić information content (AvgIpc) is 2.99. The second-order valence-electron chi connectivity index (χ2n) is 6.62. The van der Waals surface area contributed by atoms with Gasteiger partial charge in [-0.25, -0.2) is 0 Å². The summed E-state index contributed by atoms with van der Waals surface area (Å²) in [4.78, 5) is 14.6. The van der Waals surface area contributed by atoms with Crippen molar-refractivity contribution in [2.24, 2.45) is 11.8 Å². The van der Waals surface area contributed by atoms with Crippen LogP contribution in [-0.4, -0.2) is 49.7 Å². The van der Waals surface area contributed by atoms with Gasteiger partial charge >= 0.3 is 5.97 Å². The largest absolute Gasteiger partial charge is 0.465 e. The van der Waals surface area contributed by atoms with Crippen LogP contribution in [0.2, 0.25) is 0 Å². The Labute approximate surface area is 123 Å². The van der Waals surface area contributed by atoms with Gasteiger partial charge in [-0.1, -0.05) is 6.42 Å². The standard InChI is InChI=1S/C16H30N2O2/c1-4-20-15(19)16(2,17-3)9-6-10-18-11-13-7-5-8-14(13)12-18/h13-14,17H,4-12H2,1-3H3. The number of likely N-dealkylation sites (tertiary alicyclic amines) is 1. The molecule has 4 heteroatoms. The van der Waals surface area contributed by atoms with E-state index in [1.807, 2.05) is 20.9 Å². The Morgan fingerprint density at radius 1 is 1.35 bits per heavy atom. The lowest BCUT2D eigenvalue weighted by Gasteiger charge is -2.27. The normalized spacial score (nSPS) is 29.1. The Morgan fingerprint density at radius 3 is 2.55 bits per heavy atom. The van der Waals surface area contributed by atoms with Crippen LogP contribution in [0.25, 0.3) is 0 Å². The lowest BCUT2D eigenvalue weighted by molar-refractivity contribution is -0.150. The monoisotopic (exact) mass is 282 g/mol. The summed E-state index contributed by atoms with van der Waals surface area (Å²) in [7, 11) is 1.84. The summed E-state index contributed by atoms with van der Waals surface area (Å²) < 4.78 is 5.17. The summed E-state index contributed by atoms with van der Waals surface area (Å²) >= 11 is 0. The molecule has 0 amide bonds. The van der Waals surface area contributed by atoms with Gasteiger partial charge in [-0.15, -0.1) is 0 Å². The third-order valence-corrected chi connectivity index (χ3v) is 5.23. The van der Waals surface area contributed by atoms with E-state index in [4.69, 9.17) is 4.74 Å². The van der Waals surface area contributed by atoms with E-state index in [-0.39, 0.29) is 5.97 Å². The van der Waals surface area contributed by atoms with Gasteiger partial charge in [0.25, 0.3) is 0 Å². The van der Waals surface area contributed by atoms with Crippen LogP contribution in [0, 0.1) is 11.8 Å². The van der Waals surface area contributed by atoms with E-state index in [2.05, 4.69) is 10.2 Å². The molecule has 0 aromatic rings. The maximum atomic E-state index is 12.0. The first-order valence-electron chi connectivity index (χ1n) is 8.17. The van der Waals surface area contributed by atoms with E-state index in [0.717, 1.165) is 31.2 Å². The Morgan fingerprint density at radius 2 is 2.00 bits per heavy atom. The molecule has 1 N–H and O–H groups in total. The molecule has 1 heterocycles. The quantitative estimate of drug-likeness (QED) is 0.726. The molecule has 0 spiro atoms. The Balaban J connectivity index is 1.72. The number of nitrogens with one attached hydrogen (secondary N) is 1. The summed E-state index contributed by atoms with van der Waals surface area (Å²) in [5.41, 5.74) is -0.536. The first-order valence-corrected chi connectivity index (χ1v) is 8.17. The summed E-state index contributed by atoms with van der Waals surface area (Å²) in [5.74, 6) is 1.78. The zero-order valence-corrected chi connectivity index (χ0v) is 13.3. The Bertz CT molecular complexity index is 322. The molecule has 1 saturated heterocycles. The number of likely N-dealkylation sites (N-methyl/N-ethyl adjacent to an activating group) is 1. The Kier molecular flexibility index (Phi) is 5.44. The lowest BCUT2D eigenvalue weighted by Crippen LogP contribution is -2.49. The molecule has 0 bridgehead atoms. The van der Waals surface area contributed by atoms with Gasteiger partial charge in [0.15, 0.2) is 0 Å². The number of nitrogens with zero attached hydrogens (tertiary/aromatic N) is 1. The molecule has 1 aliphatic heterocycles. The average molecular weight is 282 g/mol. The van der Waals surface area contributed by atoms with Crippen LogP contribution < -0.4 is 5.32 Å². The number of carbonyl (C=O) groups excluding carboxylic acids is 1. The summed E-state index contributed by atoms with van der Waals surface area (Å²) in [6.07, 6.45) is 6.18. The molecule has 2 fully saturated rings. The second kappa shape index (κ2) is 6.90. The molecule has 2 rings (SSSR count). The molecule has 1 saturated carbocycles. The third-order valence-electron chi connectivity index (χ3n) is 5.23. The van der Waals surface area contributed by atoms with Gasteiger partial charge in [-0.05, 0) is 65.0 Å². The van der Waals surface area contributed by atoms with E-state index >= 15 is 0 Å². The Hall–Kier alpha value is -0.610. The van der Waals surface area contributed by atoms with Crippen LogP contribution >= 0.6 is 0 Å². The number of ether oxygens (including phenoxy) is 1. The summed E-state index contributed by atoms with van der Waals surface area (Å²) in [5, 5.41) is 3.14. The molecule has 2 aliphatic rings. The zero-order valence-electron chi connectivity index (χ0n) is 13.3. The van der Waals surface area contributed by atoms with E-state index in [1.54, 1.807) is 0 Å². The van der Waals surface area contributed by atoms with E-state index in [0.29, 0.717) is 6.61 Å². The predicted molar refractivity (Wildman–Crippen MR) is 80.6 cm³/mol. The second-order valence-corrected chi connectivity index (χ2v) is 6.62. The van der Waals surface area contributed by atoms with Crippen molar-refractivity contribution < 1.29 is 9.53 Å². The van der Waals surface area contributed by atoms with Crippen molar-refractivity contribution in [3.8, 4) is 0 Å². The van der Waals surface area contributed by atoms with Gasteiger partial charge in [-0.2, -0.15) is 0 Å². The van der Waals surface area contributed by atoms with Gasteiger partial charge in [-0.3, -0.25) is 4.79 Å². The van der Waals surface area contributed by atoms with Crippen molar-refractivity contribution in [1.29, 1.82) is 0 Å². The molecule has 116 valence electrons. The van der Waals surface area contributed by atoms with E-state index in [9.17, 15) is 4.79 Å². The molecule has 0 radical (unpaired) electrons. The van der Waals surface area contributed by atoms with Crippen LogP contribution in [0.15, 0.2) is 0 Å². The van der Waals surface area contributed by atoms with E-state index < -0.39 is 5.54 Å². The number of fused-ring (bicyclic) bond motifs is 1. The molecule has 3 unspecified atom stereocenters. The van der Waals surface area contributed by atoms with Crippen LogP contribution in [0.4, 0.5) is 0 Å². The SMILES string of the molecule is CCOC(=O)C(C)(CCCN1CC2CCCC2C1)NC. The first-order chi connectivity index (χ1) is 9.59. The van der Waals surface area contributed by atoms with Crippen LogP contribution in [-0.2, 0) is 9.53 Å². The van der Waals surface area contributed by atoms with Crippen molar-refractivity contribution in [3.63, 3.8) is 0 Å². The van der Waals surface area contributed by atoms with Gasteiger partial charge in [0.2, 0.25) is 0 Å². The minimum Gasteiger partial charge on any atom is -0.465 e. The van der Waals surface area contributed by atoms with Crippen molar-refractivity contribution in [2.75, 3.05) is 33.3 Å². The van der Waals surface area contributed by atoms with Gasteiger partial charge in [0.05, 0.1) is 6.61 Å². The molecule has 3 atom stereocenters. The number of carbonyl (C=O) groups is 1. The molecule has 0 aromatic carbocycles. The number of esters is 1. The lowest BCUT2D eigenvalue weighted by atomic mass is 9.96. The maximum absolute atomic E-state index is 12.0. The molecule has 1 aliphatic carbocycles. The highest BCUT2D eigenvalue weighted by atomic mass is 16.5. The van der Waals surface area contributed by atoms with Crippen LogP contribution in [0.1, 0.15) is 46.0 Å². The first kappa shape index (κ1) is 15.8. The fourth-order valence-corrected chi connectivity index (χ4v) is 3.79. The van der Waals surface area contributed by atoms with Gasteiger partial charge in [0.1, 0.15) is 5.54 Å². The van der Waals surface area contributed by atoms with Crippen molar-refractivity contribution in [3.05, 3.63) is 0 Å². The minimum absolute atomic E-state index is 0.124. The van der Waals surface area contributed by atoms with Gasteiger partial charge in [0, 0.05) is 13.1 Å². The highest BCUT2D eigenvalue weighted by molar-refractivity contribution is 5.80. The maximum Gasteiger partial charge on any atom is 0.326 e.